The van der Waals surface area contributed by atoms with Crippen LogP contribution >= 0.6 is 0 Å². The highest BCUT2D eigenvalue weighted by molar-refractivity contribution is 5.31. The van der Waals surface area contributed by atoms with Crippen molar-refractivity contribution in [2.45, 2.75) is 51.0 Å². The van der Waals surface area contributed by atoms with E-state index in [0.29, 0.717) is 12.0 Å². The van der Waals surface area contributed by atoms with E-state index >= 15 is 0 Å². The van der Waals surface area contributed by atoms with Gasteiger partial charge in [0.05, 0.1) is 0 Å². The van der Waals surface area contributed by atoms with Gasteiger partial charge in [0.1, 0.15) is 5.82 Å². The van der Waals surface area contributed by atoms with Crippen molar-refractivity contribution >= 4 is 0 Å². The molecule has 0 spiro atoms. The van der Waals surface area contributed by atoms with Crippen molar-refractivity contribution in [3.8, 4) is 0 Å². The Hall–Kier alpha value is -0.890. The van der Waals surface area contributed by atoms with Crippen LogP contribution in [0.1, 0.15) is 45.1 Å². The summed E-state index contributed by atoms with van der Waals surface area (Å²) in [4.78, 5) is 0. The fourth-order valence-electron chi connectivity index (χ4n) is 3.39. The van der Waals surface area contributed by atoms with Crippen LogP contribution < -0.4 is 5.32 Å². The van der Waals surface area contributed by atoms with E-state index in [9.17, 15) is 4.39 Å². The maximum absolute atomic E-state index is 14.1. The number of rotatable bonds is 5. The van der Waals surface area contributed by atoms with Gasteiger partial charge in [-0.15, -0.1) is 0 Å². The van der Waals surface area contributed by atoms with Gasteiger partial charge in [-0.3, -0.25) is 0 Å². The molecule has 0 aliphatic heterocycles. The fourth-order valence-corrected chi connectivity index (χ4v) is 3.39. The van der Waals surface area contributed by atoms with E-state index in [0.717, 1.165) is 30.9 Å². The molecule has 0 heterocycles. The third-order valence-electron chi connectivity index (χ3n) is 5.00. The number of benzene rings is 1. The average molecular weight is 261 g/mol. The Balaban J connectivity index is 1.78. The second-order valence-corrected chi connectivity index (χ2v) is 6.83. The zero-order valence-electron chi connectivity index (χ0n) is 12.0. The summed E-state index contributed by atoms with van der Waals surface area (Å²) in [7, 11) is 0. The molecule has 2 aliphatic rings. The summed E-state index contributed by atoms with van der Waals surface area (Å²) in [5, 5.41) is 3.62. The quantitative estimate of drug-likeness (QED) is 0.848. The van der Waals surface area contributed by atoms with Gasteiger partial charge in [-0.1, -0.05) is 32.0 Å². The molecule has 0 atom stereocenters. The molecule has 0 aromatic heterocycles. The molecule has 2 heteroatoms. The minimum Gasteiger partial charge on any atom is -0.313 e. The molecule has 0 amide bonds. The SMILES string of the molecule is CC(C)C1CC(CNC2CC2)(c2ccccc2F)C1. The van der Waals surface area contributed by atoms with Gasteiger partial charge < -0.3 is 5.32 Å². The molecule has 1 N–H and O–H groups in total. The predicted octanol–water partition coefficient (Wildman–Crippen LogP) is 3.88. The maximum atomic E-state index is 14.1. The fraction of sp³-hybridized carbons (Fsp3) is 0.647. The molecule has 0 unspecified atom stereocenters. The molecule has 2 aliphatic carbocycles. The number of nitrogens with one attached hydrogen (secondary N) is 1. The monoisotopic (exact) mass is 261 g/mol. The van der Waals surface area contributed by atoms with Gasteiger partial charge in [0.25, 0.3) is 0 Å². The van der Waals surface area contributed by atoms with E-state index in [1.807, 2.05) is 12.1 Å². The molecule has 1 aromatic rings. The highest BCUT2D eigenvalue weighted by Crippen LogP contribution is 2.51. The number of hydrogen-bond acceptors (Lipinski definition) is 1. The zero-order chi connectivity index (χ0) is 13.5. The van der Waals surface area contributed by atoms with Crippen LogP contribution in [0.4, 0.5) is 4.39 Å². The highest BCUT2D eigenvalue weighted by atomic mass is 19.1. The first-order valence-electron chi connectivity index (χ1n) is 7.59. The Morgan fingerprint density at radius 1 is 1.26 bits per heavy atom. The van der Waals surface area contributed by atoms with E-state index in [2.05, 4.69) is 19.2 Å². The Labute approximate surface area is 115 Å². The lowest BCUT2D eigenvalue weighted by Crippen LogP contribution is -2.50. The largest absolute Gasteiger partial charge is 0.313 e. The summed E-state index contributed by atoms with van der Waals surface area (Å²) in [6, 6.07) is 8.05. The van der Waals surface area contributed by atoms with Crippen molar-refractivity contribution in [1.29, 1.82) is 0 Å². The molecule has 0 bridgehead atoms. The van der Waals surface area contributed by atoms with Crippen molar-refractivity contribution in [2.24, 2.45) is 11.8 Å². The smallest absolute Gasteiger partial charge is 0.127 e. The Morgan fingerprint density at radius 2 is 1.95 bits per heavy atom. The Bertz CT molecular complexity index is 439. The molecule has 0 radical (unpaired) electrons. The van der Waals surface area contributed by atoms with Crippen LogP contribution in [0.3, 0.4) is 0 Å². The van der Waals surface area contributed by atoms with Crippen molar-refractivity contribution in [2.75, 3.05) is 6.54 Å². The molecule has 3 rings (SSSR count). The summed E-state index contributed by atoms with van der Waals surface area (Å²) < 4.78 is 14.1. The molecule has 0 saturated heterocycles. The molecular weight excluding hydrogens is 237 g/mol. The van der Waals surface area contributed by atoms with Gasteiger partial charge in [0, 0.05) is 18.0 Å². The molecule has 19 heavy (non-hydrogen) atoms. The van der Waals surface area contributed by atoms with Gasteiger partial charge in [0.15, 0.2) is 0 Å². The van der Waals surface area contributed by atoms with E-state index in [1.54, 1.807) is 12.1 Å². The number of hydrogen-bond donors (Lipinski definition) is 1. The third kappa shape index (κ3) is 2.55. The average Bonchev–Trinajstić information content (AvgIpc) is 3.13. The molecule has 104 valence electrons. The standard InChI is InChI=1S/C17H24FN/c1-12(2)13-9-17(10-13,11-19-14-7-8-14)15-5-3-4-6-16(15)18/h3-6,12-14,19H,7-11H2,1-2H3. The summed E-state index contributed by atoms with van der Waals surface area (Å²) >= 11 is 0. The Morgan fingerprint density at radius 3 is 2.53 bits per heavy atom. The van der Waals surface area contributed by atoms with Crippen LogP contribution in [-0.4, -0.2) is 12.6 Å². The lowest BCUT2D eigenvalue weighted by Gasteiger charge is -2.50. The Kier molecular flexibility index (Phi) is 3.38. The van der Waals surface area contributed by atoms with Crippen molar-refractivity contribution in [3.63, 3.8) is 0 Å². The van der Waals surface area contributed by atoms with Crippen LogP contribution in [0.2, 0.25) is 0 Å². The number of halogens is 1. The third-order valence-corrected chi connectivity index (χ3v) is 5.00. The van der Waals surface area contributed by atoms with E-state index in [-0.39, 0.29) is 11.2 Å². The maximum Gasteiger partial charge on any atom is 0.127 e. The van der Waals surface area contributed by atoms with Crippen LogP contribution in [0.15, 0.2) is 24.3 Å². The summed E-state index contributed by atoms with van der Waals surface area (Å²) in [6.07, 6.45) is 4.85. The van der Waals surface area contributed by atoms with E-state index < -0.39 is 0 Å². The topological polar surface area (TPSA) is 12.0 Å². The highest BCUT2D eigenvalue weighted by Gasteiger charge is 2.47. The van der Waals surface area contributed by atoms with Gasteiger partial charge in [0.2, 0.25) is 0 Å². The van der Waals surface area contributed by atoms with Crippen LogP contribution in [-0.2, 0) is 5.41 Å². The zero-order valence-corrected chi connectivity index (χ0v) is 12.0. The first-order valence-corrected chi connectivity index (χ1v) is 7.59. The van der Waals surface area contributed by atoms with E-state index in [4.69, 9.17) is 0 Å². The molecule has 1 nitrogen and oxygen atoms in total. The summed E-state index contributed by atoms with van der Waals surface area (Å²) in [6.45, 7) is 5.51. The minimum atomic E-state index is -0.0256. The normalized spacial score (nSPS) is 30.4. The second-order valence-electron chi connectivity index (χ2n) is 6.83. The first-order chi connectivity index (χ1) is 9.11. The van der Waals surface area contributed by atoms with Crippen LogP contribution in [0.25, 0.3) is 0 Å². The van der Waals surface area contributed by atoms with Crippen molar-refractivity contribution < 1.29 is 4.39 Å². The molecule has 1 aromatic carbocycles. The van der Waals surface area contributed by atoms with E-state index in [1.165, 1.54) is 12.8 Å². The molecular formula is C17H24FN. The van der Waals surface area contributed by atoms with Crippen molar-refractivity contribution in [1.82, 2.24) is 5.32 Å². The van der Waals surface area contributed by atoms with Crippen LogP contribution in [0.5, 0.6) is 0 Å². The second kappa shape index (κ2) is 4.90. The first kappa shape index (κ1) is 13.1. The van der Waals surface area contributed by atoms with Gasteiger partial charge >= 0.3 is 0 Å². The van der Waals surface area contributed by atoms with Gasteiger partial charge in [-0.25, -0.2) is 4.39 Å². The lowest BCUT2D eigenvalue weighted by atomic mass is 9.55. The predicted molar refractivity (Wildman–Crippen MR) is 76.7 cm³/mol. The van der Waals surface area contributed by atoms with Gasteiger partial charge in [-0.2, -0.15) is 0 Å². The minimum absolute atomic E-state index is 0.0256. The summed E-state index contributed by atoms with van der Waals surface area (Å²) in [5.41, 5.74) is 0.975. The van der Waals surface area contributed by atoms with Crippen LogP contribution in [0, 0.1) is 17.7 Å². The lowest BCUT2D eigenvalue weighted by molar-refractivity contribution is 0.0941. The molecule has 2 fully saturated rings. The summed E-state index contributed by atoms with van der Waals surface area (Å²) in [5.74, 6) is 1.43. The van der Waals surface area contributed by atoms with Gasteiger partial charge in [-0.05, 0) is 49.1 Å². The van der Waals surface area contributed by atoms with Crippen molar-refractivity contribution in [3.05, 3.63) is 35.6 Å². The molecule has 2 saturated carbocycles.